The molecule has 6 heteroatoms. The van der Waals surface area contributed by atoms with Crippen LogP contribution >= 0.6 is 15.9 Å². The summed E-state index contributed by atoms with van der Waals surface area (Å²) >= 11 is 3.14. The number of rotatable bonds is 3. The number of pyridine rings is 1. The predicted molar refractivity (Wildman–Crippen MR) is 94.1 cm³/mol. The molecule has 1 aromatic heterocycles. The molecular weight excluding hydrogens is 373 g/mol. The number of hydrogen-bond acceptors (Lipinski definition) is 3. The van der Waals surface area contributed by atoms with Gasteiger partial charge >= 0.3 is 0 Å². The fourth-order valence-corrected chi connectivity index (χ4v) is 3.29. The fourth-order valence-electron chi connectivity index (χ4n) is 2.92. The van der Waals surface area contributed by atoms with E-state index in [4.69, 9.17) is 0 Å². The summed E-state index contributed by atoms with van der Waals surface area (Å²) in [5.74, 6) is -0.726. The SMILES string of the molecule is O=C(c1cccc(Br)c1F)N1CCCN(Cc2cccnc2)CC1. The van der Waals surface area contributed by atoms with Crippen molar-refractivity contribution < 1.29 is 9.18 Å². The number of amides is 1. The second-order valence-electron chi connectivity index (χ2n) is 5.88. The second kappa shape index (κ2) is 7.85. The van der Waals surface area contributed by atoms with Crippen molar-refractivity contribution in [3.05, 3.63) is 64.1 Å². The van der Waals surface area contributed by atoms with Gasteiger partial charge in [0.15, 0.2) is 0 Å². The molecule has 0 N–H and O–H groups in total. The van der Waals surface area contributed by atoms with Gasteiger partial charge in [-0.05, 0) is 46.1 Å². The van der Waals surface area contributed by atoms with Gasteiger partial charge in [0.25, 0.3) is 5.91 Å². The number of halogens is 2. The predicted octanol–water partition coefficient (Wildman–Crippen LogP) is 3.33. The van der Waals surface area contributed by atoms with Crippen LogP contribution in [0, 0.1) is 5.82 Å². The molecule has 1 fully saturated rings. The van der Waals surface area contributed by atoms with E-state index in [1.165, 1.54) is 0 Å². The van der Waals surface area contributed by atoms with Crippen molar-refractivity contribution >= 4 is 21.8 Å². The third kappa shape index (κ3) is 3.99. The van der Waals surface area contributed by atoms with Crippen LogP contribution in [0.1, 0.15) is 22.3 Å². The highest BCUT2D eigenvalue weighted by Gasteiger charge is 2.23. The summed E-state index contributed by atoms with van der Waals surface area (Å²) < 4.78 is 14.5. The lowest BCUT2D eigenvalue weighted by Gasteiger charge is -2.22. The van der Waals surface area contributed by atoms with Crippen molar-refractivity contribution in [3.63, 3.8) is 0 Å². The summed E-state index contributed by atoms with van der Waals surface area (Å²) in [5.41, 5.74) is 1.29. The van der Waals surface area contributed by atoms with E-state index in [1.54, 1.807) is 29.3 Å². The Morgan fingerprint density at radius 1 is 1.17 bits per heavy atom. The van der Waals surface area contributed by atoms with E-state index in [2.05, 4.69) is 31.9 Å². The largest absolute Gasteiger partial charge is 0.337 e. The summed E-state index contributed by atoms with van der Waals surface area (Å²) in [7, 11) is 0. The van der Waals surface area contributed by atoms with Gasteiger partial charge in [0.2, 0.25) is 0 Å². The summed E-state index contributed by atoms with van der Waals surface area (Å²) in [4.78, 5) is 20.8. The molecule has 1 aromatic carbocycles. The number of nitrogens with zero attached hydrogens (tertiary/aromatic N) is 3. The number of carbonyl (C=O) groups is 1. The Labute approximate surface area is 149 Å². The molecule has 1 aliphatic heterocycles. The molecule has 0 bridgehead atoms. The molecule has 2 aromatic rings. The van der Waals surface area contributed by atoms with Crippen LogP contribution in [0.2, 0.25) is 0 Å². The Balaban J connectivity index is 1.65. The molecule has 3 rings (SSSR count). The standard InChI is InChI=1S/C18H19BrFN3O/c19-16-6-1-5-15(17(16)20)18(24)23-9-3-8-22(10-11-23)13-14-4-2-7-21-12-14/h1-2,4-7,12H,3,8-11,13H2. The average Bonchev–Trinajstić information content (AvgIpc) is 2.83. The van der Waals surface area contributed by atoms with Crippen LogP contribution in [0.5, 0.6) is 0 Å². The maximum atomic E-state index is 14.2. The molecule has 0 saturated carbocycles. The van der Waals surface area contributed by atoms with Gasteiger partial charge in [-0.15, -0.1) is 0 Å². The van der Waals surface area contributed by atoms with Gasteiger partial charge in [0.1, 0.15) is 5.82 Å². The first-order valence-electron chi connectivity index (χ1n) is 7.99. The Morgan fingerprint density at radius 3 is 2.83 bits per heavy atom. The first-order chi connectivity index (χ1) is 11.6. The van der Waals surface area contributed by atoms with Crippen molar-refractivity contribution in [2.75, 3.05) is 26.2 Å². The van der Waals surface area contributed by atoms with Crippen LogP contribution in [0.4, 0.5) is 4.39 Å². The van der Waals surface area contributed by atoms with Crippen molar-refractivity contribution in [2.45, 2.75) is 13.0 Å². The maximum Gasteiger partial charge on any atom is 0.256 e. The molecule has 0 aliphatic carbocycles. The quantitative estimate of drug-likeness (QED) is 0.804. The van der Waals surface area contributed by atoms with Crippen molar-refractivity contribution in [3.8, 4) is 0 Å². The second-order valence-corrected chi connectivity index (χ2v) is 6.74. The van der Waals surface area contributed by atoms with Crippen molar-refractivity contribution in [1.29, 1.82) is 0 Å². The summed E-state index contributed by atoms with van der Waals surface area (Å²) in [6.07, 6.45) is 4.51. The number of aromatic nitrogens is 1. The van der Waals surface area contributed by atoms with Gasteiger partial charge < -0.3 is 4.90 Å². The van der Waals surface area contributed by atoms with E-state index in [0.29, 0.717) is 17.6 Å². The van der Waals surface area contributed by atoms with Crippen molar-refractivity contribution in [1.82, 2.24) is 14.8 Å². The van der Waals surface area contributed by atoms with Crippen LogP contribution in [-0.4, -0.2) is 46.9 Å². The van der Waals surface area contributed by atoms with Gasteiger partial charge in [-0.3, -0.25) is 14.7 Å². The highest BCUT2D eigenvalue weighted by Crippen LogP contribution is 2.20. The van der Waals surface area contributed by atoms with Gasteiger partial charge in [0, 0.05) is 45.1 Å². The van der Waals surface area contributed by atoms with Crippen LogP contribution in [-0.2, 0) is 6.54 Å². The topological polar surface area (TPSA) is 36.4 Å². The molecule has 0 atom stereocenters. The molecule has 0 radical (unpaired) electrons. The lowest BCUT2D eigenvalue weighted by atomic mass is 10.2. The zero-order valence-electron chi connectivity index (χ0n) is 13.3. The monoisotopic (exact) mass is 391 g/mol. The summed E-state index contributed by atoms with van der Waals surface area (Å²) in [5, 5.41) is 0. The molecule has 2 heterocycles. The molecule has 0 unspecified atom stereocenters. The Morgan fingerprint density at radius 2 is 2.04 bits per heavy atom. The van der Waals surface area contributed by atoms with Gasteiger partial charge in [0.05, 0.1) is 10.0 Å². The van der Waals surface area contributed by atoms with E-state index < -0.39 is 5.82 Å². The van der Waals surface area contributed by atoms with E-state index in [9.17, 15) is 9.18 Å². The number of carbonyl (C=O) groups excluding carboxylic acids is 1. The van der Waals surface area contributed by atoms with E-state index >= 15 is 0 Å². The van der Waals surface area contributed by atoms with E-state index in [1.807, 2.05) is 12.3 Å². The summed E-state index contributed by atoms with van der Waals surface area (Å²) in [6, 6.07) is 8.81. The Kier molecular flexibility index (Phi) is 5.58. The van der Waals surface area contributed by atoms with Crippen LogP contribution in [0.25, 0.3) is 0 Å². The first kappa shape index (κ1) is 17.0. The minimum Gasteiger partial charge on any atom is -0.337 e. The number of benzene rings is 1. The van der Waals surface area contributed by atoms with E-state index in [0.717, 1.165) is 31.6 Å². The Bertz CT molecular complexity index is 711. The van der Waals surface area contributed by atoms with Gasteiger partial charge in [-0.25, -0.2) is 4.39 Å². The lowest BCUT2D eigenvalue weighted by Crippen LogP contribution is -2.35. The zero-order chi connectivity index (χ0) is 16.9. The molecule has 126 valence electrons. The van der Waals surface area contributed by atoms with Gasteiger partial charge in [-0.2, -0.15) is 0 Å². The molecule has 24 heavy (non-hydrogen) atoms. The summed E-state index contributed by atoms with van der Waals surface area (Å²) in [6.45, 7) is 3.76. The van der Waals surface area contributed by atoms with Crippen LogP contribution in [0.3, 0.4) is 0 Å². The zero-order valence-corrected chi connectivity index (χ0v) is 14.9. The molecule has 1 aliphatic rings. The highest BCUT2D eigenvalue weighted by molar-refractivity contribution is 9.10. The van der Waals surface area contributed by atoms with E-state index in [-0.39, 0.29) is 11.5 Å². The minimum atomic E-state index is -0.487. The normalized spacial score (nSPS) is 16.0. The smallest absolute Gasteiger partial charge is 0.256 e. The number of hydrogen-bond donors (Lipinski definition) is 0. The third-order valence-electron chi connectivity index (χ3n) is 4.19. The molecule has 1 amide bonds. The lowest BCUT2D eigenvalue weighted by molar-refractivity contribution is 0.0756. The van der Waals surface area contributed by atoms with Crippen LogP contribution in [0.15, 0.2) is 47.2 Å². The average molecular weight is 392 g/mol. The molecule has 0 spiro atoms. The Hall–Kier alpha value is -1.79. The highest BCUT2D eigenvalue weighted by atomic mass is 79.9. The van der Waals surface area contributed by atoms with Crippen LogP contribution < -0.4 is 0 Å². The van der Waals surface area contributed by atoms with Crippen molar-refractivity contribution in [2.24, 2.45) is 0 Å². The molecular formula is C18H19BrFN3O. The minimum absolute atomic E-state index is 0.130. The molecule has 1 saturated heterocycles. The molecule has 4 nitrogen and oxygen atoms in total. The first-order valence-corrected chi connectivity index (χ1v) is 8.79. The van der Waals surface area contributed by atoms with Gasteiger partial charge in [-0.1, -0.05) is 12.1 Å². The maximum absolute atomic E-state index is 14.2. The fraction of sp³-hybridized carbons (Fsp3) is 0.333. The third-order valence-corrected chi connectivity index (χ3v) is 4.80.